The third-order valence-electron chi connectivity index (χ3n) is 4.07. The van der Waals surface area contributed by atoms with E-state index in [0.717, 1.165) is 5.69 Å². The molecule has 136 valence electrons. The van der Waals surface area contributed by atoms with Crippen LogP contribution in [0.2, 0.25) is 10.0 Å². The largest absolute Gasteiger partial charge is 0.415 e. The van der Waals surface area contributed by atoms with Crippen LogP contribution in [0.15, 0.2) is 42.5 Å². The molecule has 1 aliphatic heterocycles. The predicted molar refractivity (Wildman–Crippen MR) is 99.4 cm³/mol. The van der Waals surface area contributed by atoms with Crippen LogP contribution < -0.4 is 9.64 Å². The van der Waals surface area contributed by atoms with E-state index in [2.05, 4.69) is 4.90 Å². The minimum Gasteiger partial charge on any atom is -0.407 e. The zero-order valence-corrected chi connectivity index (χ0v) is 15.1. The van der Waals surface area contributed by atoms with Gasteiger partial charge in [-0.15, -0.1) is 0 Å². The van der Waals surface area contributed by atoms with E-state index in [4.69, 9.17) is 27.9 Å². The van der Waals surface area contributed by atoms with E-state index in [1.54, 1.807) is 35.2 Å². The van der Waals surface area contributed by atoms with Crippen LogP contribution in [0.3, 0.4) is 0 Å². The number of carbonyl (C=O) groups is 1. The number of non-ortho nitro benzene ring substituents is 1. The van der Waals surface area contributed by atoms with Crippen LogP contribution in [0.25, 0.3) is 0 Å². The van der Waals surface area contributed by atoms with E-state index < -0.39 is 11.0 Å². The van der Waals surface area contributed by atoms with Gasteiger partial charge >= 0.3 is 6.09 Å². The van der Waals surface area contributed by atoms with Crippen molar-refractivity contribution >= 4 is 40.7 Å². The predicted octanol–water partition coefficient (Wildman–Crippen LogP) is 4.22. The zero-order chi connectivity index (χ0) is 18.7. The smallest absolute Gasteiger partial charge is 0.407 e. The van der Waals surface area contributed by atoms with Crippen LogP contribution in [0.4, 0.5) is 16.2 Å². The number of para-hydroxylation sites is 1. The summed E-state index contributed by atoms with van der Waals surface area (Å²) in [5, 5.41) is 11.3. The number of nitro benzene ring substituents is 1. The molecule has 0 unspecified atom stereocenters. The number of nitro groups is 1. The van der Waals surface area contributed by atoms with Crippen molar-refractivity contribution in [2.45, 2.75) is 0 Å². The number of anilines is 1. The van der Waals surface area contributed by atoms with Crippen molar-refractivity contribution in [2.75, 3.05) is 31.1 Å². The molecular weight excluding hydrogens is 381 g/mol. The fourth-order valence-corrected chi connectivity index (χ4v) is 3.14. The summed E-state index contributed by atoms with van der Waals surface area (Å²) >= 11 is 12.0. The van der Waals surface area contributed by atoms with Gasteiger partial charge in [0.05, 0.1) is 15.0 Å². The van der Waals surface area contributed by atoms with E-state index >= 15 is 0 Å². The Balaban J connectivity index is 1.59. The van der Waals surface area contributed by atoms with Crippen LogP contribution in [0, 0.1) is 10.1 Å². The van der Waals surface area contributed by atoms with Crippen molar-refractivity contribution in [3.63, 3.8) is 0 Å². The lowest BCUT2D eigenvalue weighted by molar-refractivity contribution is -0.384. The number of amides is 1. The lowest BCUT2D eigenvalue weighted by atomic mass is 10.2. The van der Waals surface area contributed by atoms with E-state index in [1.807, 2.05) is 0 Å². The highest BCUT2D eigenvalue weighted by atomic mass is 35.5. The molecule has 0 saturated carbocycles. The molecule has 26 heavy (non-hydrogen) atoms. The van der Waals surface area contributed by atoms with Gasteiger partial charge in [-0.3, -0.25) is 10.1 Å². The first-order chi connectivity index (χ1) is 12.5. The van der Waals surface area contributed by atoms with Crippen molar-refractivity contribution < 1.29 is 14.5 Å². The lowest BCUT2D eigenvalue weighted by Crippen LogP contribution is -2.49. The molecule has 0 atom stereocenters. The average molecular weight is 396 g/mol. The molecule has 0 bridgehead atoms. The Hall–Kier alpha value is -2.51. The summed E-state index contributed by atoms with van der Waals surface area (Å²) in [4.78, 5) is 26.2. The highest BCUT2D eigenvalue weighted by Gasteiger charge is 2.24. The molecule has 0 spiro atoms. The number of hydrogen-bond donors (Lipinski definition) is 0. The van der Waals surface area contributed by atoms with Gasteiger partial charge in [0.1, 0.15) is 0 Å². The monoisotopic (exact) mass is 395 g/mol. The highest BCUT2D eigenvalue weighted by Crippen LogP contribution is 2.33. The number of hydrogen-bond acceptors (Lipinski definition) is 5. The Morgan fingerprint density at radius 1 is 1.00 bits per heavy atom. The second kappa shape index (κ2) is 7.80. The van der Waals surface area contributed by atoms with Crippen molar-refractivity contribution in [1.29, 1.82) is 0 Å². The molecule has 7 nitrogen and oxygen atoms in total. The normalized spacial score (nSPS) is 14.2. The Labute approximate surface area is 159 Å². The second-order valence-corrected chi connectivity index (χ2v) is 6.48. The molecular formula is C17H15Cl2N3O4. The van der Waals surface area contributed by atoms with Gasteiger partial charge in [-0.2, -0.15) is 0 Å². The second-order valence-electron chi connectivity index (χ2n) is 5.67. The van der Waals surface area contributed by atoms with Crippen molar-refractivity contribution in [3.8, 4) is 5.75 Å². The number of nitrogens with zero attached hydrogens (tertiary/aromatic N) is 3. The Morgan fingerprint density at radius 2 is 1.58 bits per heavy atom. The molecule has 1 aliphatic rings. The quantitative estimate of drug-likeness (QED) is 0.574. The summed E-state index contributed by atoms with van der Waals surface area (Å²) in [6.45, 7) is 2.09. The molecule has 2 aromatic carbocycles. The summed E-state index contributed by atoms with van der Waals surface area (Å²) < 4.78 is 5.33. The van der Waals surface area contributed by atoms with E-state index in [0.29, 0.717) is 26.2 Å². The molecule has 3 rings (SSSR count). The number of halogens is 2. The van der Waals surface area contributed by atoms with Gasteiger partial charge in [0.2, 0.25) is 0 Å². The van der Waals surface area contributed by atoms with Gasteiger partial charge in [-0.1, -0.05) is 29.3 Å². The van der Waals surface area contributed by atoms with Gasteiger partial charge in [-0.05, 0) is 24.3 Å². The number of benzene rings is 2. The topological polar surface area (TPSA) is 75.9 Å². The first-order valence-electron chi connectivity index (χ1n) is 7.86. The summed E-state index contributed by atoms with van der Waals surface area (Å²) in [5.74, 6) is 0.152. The molecule has 0 radical (unpaired) electrons. The van der Waals surface area contributed by atoms with Crippen LogP contribution in [-0.4, -0.2) is 42.1 Å². The SMILES string of the molecule is O=C(Oc1c(Cl)cccc1Cl)N1CCN(c2ccc([N+](=O)[O-])cc2)CC1. The molecule has 1 heterocycles. The van der Waals surface area contributed by atoms with Crippen molar-refractivity contribution in [2.24, 2.45) is 0 Å². The van der Waals surface area contributed by atoms with Crippen LogP contribution >= 0.6 is 23.2 Å². The van der Waals surface area contributed by atoms with Crippen molar-refractivity contribution in [3.05, 3.63) is 62.6 Å². The first kappa shape index (κ1) is 18.3. The molecule has 9 heteroatoms. The maximum atomic E-state index is 12.3. The van der Waals surface area contributed by atoms with Crippen molar-refractivity contribution in [1.82, 2.24) is 4.90 Å². The Bertz CT molecular complexity index is 801. The minimum atomic E-state index is -0.511. The van der Waals surface area contributed by atoms with Crippen LogP contribution in [0.5, 0.6) is 5.75 Å². The summed E-state index contributed by atoms with van der Waals surface area (Å²) in [6.07, 6.45) is -0.511. The molecule has 0 N–H and O–H groups in total. The zero-order valence-electron chi connectivity index (χ0n) is 13.6. The Morgan fingerprint density at radius 3 is 2.12 bits per heavy atom. The third kappa shape index (κ3) is 4.00. The number of piperazine rings is 1. The molecule has 0 aliphatic carbocycles. The lowest BCUT2D eigenvalue weighted by Gasteiger charge is -2.35. The maximum Gasteiger partial charge on any atom is 0.415 e. The molecule has 1 amide bonds. The maximum absolute atomic E-state index is 12.3. The van der Waals surface area contributed by atoms with Crippen LogP contribution in [-0.2, 0) is 0 Å². The fraction of sp³-hybridized carbons (Fsp3) is 0.235. The van der Waals surface area contributed by atoms with E-state index in [9.17, 15) is 14.9 Å². The van der Waals surface area contributed by atoms with Crippen LogP contribution in [0.1, 0.15) is 0 Å². The summed E-state index contributed by atoms with van der Waals surface area (Å²) in [6, 6.07) is 11.2. The fourth-order valence-electron chi connectivity index (χ4n) is 2.66. The Kier molecular flexibility index (Phi) is 5.49. The molecule has 0 aromatic heterocycles. The van der Waals surface area contributed by atoms with Gasteiger partial charge < -0.3 is 14.5 Å². The number of carbonyl (C=O) groups excluding carboxylic acids is 1. The first-order valence-corrected chi connectivity index (χ1v) is 8.61. The van der Waals surface area contributed by atoms with Gasteiger partial charge in [0, 0.05) is 44.0 Å². The van der Waals surface area contributed by atoms with Gasteiger partial charge in [0.15, 0.2) is 5.75 Å². The standard InChI is InChI=1S/C17H15Cl2N3O4/c18-14-2-1-3-15(19)16(14)26-17(23)21-10-8-20(9-11-21)12-4-6-13(7-5-12)22(24)25/h1-7H,8-11H2. The molecule has 2 aromatic rings. The average Bonchev–Trinajstić information content (AvgIpc) is 2.65. The third-order valence-corrected chi connectivity index (χ3v) is 4.67. The van der Waals surface area contributed by atoms with E-state index in [-0.39, 0.29) is 21.5 Å². The number of ether oxygens (including phenoxy) is 1. The summed E-state index contributed by atoms with van der Waals surface area (Å²) in [7, 11) is 0. The highest BCUT2D eigenvalue weighted by molar-refractivity contribution is 6.37. The number of rotatable bonds is 3. The minimum absolute atomic E-state index is 0.0487. The molecule has 1 saturated heterocycles. The van der Waals surface area contributed by atoms with E-state index in [1.165, 1.54) is 12.1 Å². The molecule has 1 fully saturated rings. The summed E-state index contributed by atoms with van der Waals surface area (Å²) in [5.41, 5.74) is 0.922. The van der Waals surface area contributed by atoms with Gasteiger partial charge in [0.25, 0.3) is 5.69 Å². The van der Waals surface area contributed by atoms with Gasteiger partial charge in [-0.25, -0.2) is 4.79 Å².